The highest BCUT2D eigenvalue weighted by Crippen LogP contribution is 2.54. The molecule has 1 spiro atoms. The molecule has 0 aromatic rings. The molecule has 0 unspecified atom stereocenters. The Hall–Kier alpha value is -0.180. The van der Waals surface area contributed by atoms with Gasteiger partial charge in [-0.2, -0.15) is 0 Å². The minimum Gasteiger partial charge on any atom is -0.297 e. The number of rotatable bonds is 3. The molecule has 0 aromatic carbocycles. The van der Waals surface area contributed by atoms with Gasteiger partial charge in [-0.25, -0.2) is 8.78 Å². The average Bonchev–Trinajstić information content (AvgIpc) is 2.44. The highest BCUT2D eigenvalue weighted by atomic mass is 19.3. The standard InChI is InChI=1S/C12H21F2N/c1-9(2)10-5-12(6-10)3-4-15(8-12)7-11(13)14/h9-11H,3-8H2,1-2H3. The van der Waals surface area contributed by atoms with Crippen LogP contribution in [-0.2, 0) is 0 Å². The van der Waals surface area contributed by atoms with Crippen LogP contribution in [0.15, 0.2) is 0 Å². The molecule has 0 bridgehead atoms. The summed E-state index contributed by atoms with van der Waals surface area (Å²) in [5.41, 5.74) is 0.420. The summed E-state index contributed by atoms with van der Waals surface area (Å²) in [5, 5.41) is 0. The van der Waals surface area contributed by atoms with E-state index in [1.807, 2.05) is 4.90 Å². The van der Waals surface area contributed by atoms with Gasteiger partial charge in [0.2, 0.25) is 0 Å². The van der Waals surface area contributed by atoms with E-state index in [9.17, 15) is 8.78 Å². The average molecular weight is 217 g/mol. The fourth-order valence-electron chi connectivity index (χ4n) is 3.24. The third kappa shape index (κ3) is 2.32. The van der Waals surface area contributed by atoms with Gasteiger partial charge in [0.1, 0.15) is 0 Å². The van der Waals surface area contributed by atoms with Crippen LogP contribution in [0, 0.1) is 17.3 Å². The number of nitrogens with zero attached hydrogens (tertiary/aromatic N) is 1. The highest BCUT2D eigenvalue weighted by Gasteiger charge is 2.48. The summed E-state index contributed by atoms with van der Waals surface area (Å²) in [5.74, 6) is 1.61. The molecule has 2 fully saturated rings. The lowest BCUT2D eigenvalue weighted by atomic mass is 9.58. The topological polar surface area (TPSA) is 3.24 Å². The zero-order valence-electron chi connectivity index (χ0n) is 9.68. The van der Waals surface area contributed by atoms with E-state index < -0.39 is 6.43 Å². The Kier molecular flexibility index (Phi) is 3.02. The first kappa shape index (κ1) is 11.3. The SMILES string of the molecule is CC(C)C1CC2(CCN(CC(F)F)C2)C1. The molecule has 2 aliphatic rings. The van der Waals surface area contributed by atoms with Crippen LogP contribution in [0.25, 0.3) is 0 Å². The molecule has 0 atom stereocenters. The number of alkyl halides is 2. The molecule has 88 valence electrons. The zero-order chi connectivity index (χ0) is 11.1. The number of hydrogen-bond donors (Lipinski definition) is 0. The highest BCUT2D eigenvalue weighted by molar-refractivity contribution is 5.00. The zero-order valence-corrected chi connectivity index (χ0v) is 9.68. The molecule has 1 aliphatic carbocycles. The van der Waals surface area contributed by atoms with E-state index in [1.165, 1.54) is 12.8 Å². The molecule has 2 rings (SSSR count). The molecule has 1 saturated carbocycles. The fraction of sp³-hybridized carbons (Fsp3) is 1.00. The smallest absolute Gasteiger partial charge is 0.251 e. The predicted octanol–water partition coefficient (Wildman–Crippen LogP) is 3.01. The van der Waals surface area contributed by atoms with Crippen LogP contribution in [0.3, 0.4) is 0 Å². The van der Waals surface area contributed by atoms with Crippen LogP contribution in [0.1, 0.15) is 33.1 Å². The Bertz CT molecular complexity index is 222. The molecule has 1 nitrogen and oxygen atoms in total. The Morgan fingerprint density at radius 3 is 2.53 bits per heavy atom. The summed E-state index contributed by atoms with van der Waals surface area (Å²) in [4.78, 5) is 1.95. The van der Waals surface area contributed by atoms with E-state index >= 15 is 0 Å². The van der Waals surface area contributed by atoms with Crippen LogP contribution < -0.4 is 0 Å². The minimum atomic E-state index is -2.17. The van der Waals surface area contributed by atoms with E-state index in [0.717, 1.165) is 31.3 Å². The Morgan fingerprint density at radius 1 is 1.33 bits per heavy atom. The molecule has 1 aliphatic heterocycles. The number of hydrogen-bond acceptors (Lipinski definition) is 1. The van der Waals surface area contributed by atoms with E-state index in [2.05, 4.69) is 13.8 Å². The lowest BCUT2D eigenvalue weighted by Gasteiger charge is -2.47. The maximum atomic E-state index is 12.2. The van der Waals surface area contributed by atoms with Gasteiger partial charge in [0.05, 0.1) is 6.54 Å². The van der Waals surface area contributed by atoms with Crippen molar-refractivity contribution in [3.8, 4) is 0 Å². The largest absolute Gasteiger partial charge is 0.297 e. The van der Waals surface area contributed by atoms with Gasteiger partial charge in [0.25, 0.3) is 6.43 Å². The quantitative estimate of drug-likeness (QED) is 0.702. The van der Waals surface area contributed by atoms with Crippen molar-refractivity contribution in [2.75, 3.05) is 19.6 Å². The molecule has 0 amide bonds. The van der Waals surface area contributed by atoms with Crippen molar-refractivity contribution in [3.05, 3.63) is 0 Å². The summed E-state index contributed by atoms with van der Waals surface area (Å²) >= 11 is 0. The van der Waals surface area contributed by atoms with Crippen LogP contribution in [0.2, 0.25) is 0 Å². The van der Waals surface area contributed by atoms with Crippen molar-refractivity contribution in [1.82, 2.24) is 4.90 Å². The molecule has 1 saturated heterocycles. The molecule has 15 heavy (non-hydrogen) atoms. The first-order chi connectivity index (χ1) is 7.01. The lowest BCUT2D eigenvalue weighted by molar-refractivity contribution is 0.0254. The molecule has 3 heteroatoms. The van der Waals surface area contributed by atoms with E-state index in [-0.39, 0.29) is 6.54 Å². The second-order valence-corrected chi connectivity index (χ2v) is 5.79. The van der Waals surface area contributed by atoms with Gasteiger partial charge in [0.15, 0.2) is 0 Å². The molecule has 0 aromatic heterocycles. The summed E-state index contributed by atoms with van der Waals surface area (Å²) in [7, 11) is 0. The summed E-state index contributed by atoms with van der Waals surface area (Å²) < 4.78 is 24.4. The van der Waals surface area contributed by atoms with Crippen LogP contribution in [0.5, 0.6) is 0 Å². The van der Waals surface area contributed by atoms with Gasteiger partial charge in [-0.1, -0.05) is 13.8 Å². The third-order valence-electron chi connectivity index (χ3n) is 4.25. The van der Waals surface area contributed by atoms with E-state index in [0.29, 0.717) is 5.41 Å². The fourth-order valence-corrected chi connectivity index (χ4v) is 3.24. The van der Waals surface area contributed by atoms with Crippen molar-refractivity contribution in [3.63, 3.8) is 0 Å². The van der Waals surface area contributed by atoms with Crippen LogP contribution >= 0.6 is 0 Å². The van der Waals surface area contributed by atoms with E-state index in [1.54, 1.807) is 0 Å². The van der Waals surface area contributed by atoms with Gasteiger partial charge in [-0.05, 0) is 43.1 Å². The van der Waals surface area contributed by atoms with Gasteiger partial charge < -0.3 is 0 Å². The third-order valence-corrected chi connectivity index (χ3v) is 4.25. The van der Waals surface area contributed by atoms with Crippen LogP contribution in [-0.4, -0.2) is 31.0 Å². The van der Waals surface area contributed by atoms with Crippen molar-refractivity contribution in [2.24, 2.45) is 17.3 Å². The Labute approximate surface area is 90.8 Å². The maximum absolute atomic E-state index is 12.2. The molecule has 0 N–H and O–H groups in total. The van der Waals surface area contributed by atoms with Gasteiger partial charge in [0, 0.05) is 6.54 Å². The van der Waals surface area contributed by atoms with Crippen molar-refractivity contribution in [2.45, 2.75) is 39.5 Å². The molecular weight excluding hydrogens is 196 g/mol. The summed E-state index contributed by atoms with van der Waals surface area (Å²) in [6.45, 7) is 6.32. The second kappa shape index (κ2) is 4.00. The summed E-state index contributed by atoms with van der Waals surface area (Å²) in [6.07, 6.45) is 1.51. The maximum Gasteiger partial charge on any atom is 0.251 e. The van der Waals surface area contributed by atoms with Gasteiger partial charge in [-0.3, -0.25) is 4.90 Å². The van der Waals surface area contributed by atoms with E-state index in [4.69, 9.17) is 0 Å². The molecular formula is C12H21F2N. The Balaban J connectivity index is 1.79. The summed E-state index contributed by atoms with van der Waals surface area (Å²) in [6, 6.07) is 0. The Morgan fingerprint density at radius 2 is 2.00 bits per heavy atom. The normalized spacial score (nSPS) is 36.8. The molecule has 0 radical (unpaired) electrons. The monoisotopic (exact) mass is 217 g/mol. The minimum absolute atomic E-state index is 0.0197. The number of halogens is 2. The number of likely N-dealkylation sites (tertiary alicyclic amines) is 1. The first-order valence-electron chi connectivity index (χ1n) is 6.01. The van der Waals surface area contributed by atoms with Gasteiger partial charge in [-0.15, -0.1) is 0 Å². The lowest BCUT2D eigenvalue weighted by Crippen LogP contribution is -2.42. The van der Waals surface area contributed by atoms with Crippen LogP contribution in [0.4, 0.5) is 8.78 Å². The van der Waals surface area contributed by atoms with Crippen molar-refractivity contribution >= 4 is 0 Å². The molecule has 1 heterocycles. The first-order valence-corrected chi connectivity index (χ1v) is 6.01. The predicted molar refractivity (Wildman–Crippen MR) is 57.1 cm³/mol. The van der Waals surface area contributed by atoms with Gasteiger partial charge >= 0.3 is 0 Å². The van der Waals surface area contributed by atoms with Crippen molar-refractivity contribution < 1.29 is 8.78 Å². The second-order valence-electron chi connectivity index (χ2n) is 5.79. The van der Waals surface area contributed by atoms with Crippen molar-refractivity contribution in [1.29, 1.82) is 0 Å².